The summed E-state index contributed by atoms with van der Waals surface area (Å²) in [6.45, 7) is -0.421. The quantitative estimate of drug-likeness (QED) is 0.837. The van der Waals surface area contributed by atoms with E-state index in [0.717, 1.165) is 0 Å². The van der Waals surface area contributed by atoms with E-state index >= 15 is 0 Å². The topological polar surface area (TPSA) is 83.8 Å². The predicted octanol–water partition coefficient (Wildman–Crippen LogP) is 0.857. The molecule has 11 heteroatoms. The Labute approximate surface area is 147 Å². The van der Waals surface area contributed by atoms with Crippen molar-refractivity contribution in [2.75, 3.05) is 31.1 Å². The molecule has 0 spiro atoms. The van der Waals surface area contributed by atoms with Crippen LogP contribution in [-0.2, 0) is 16.4 Å². The summed E-state index contributed by atoms with van der Waals surface area (Å²) in [6, 6.07) is 5.09. The Morgan fingerprint density at radius 3 is 2.58 bits per heavy atom. The molecule has 1 saturated heterocycles. The van der Waals surface area contributed by atoms with Gasteiger partial charge >= 0.3 is 6.18 Å². The fourth-order valence-electron chi connectivity index (χ4n) is 2.76. The molecule has 0 bridgehead atoms. The van der Waals surface area contributed by atoms with Gasteiger partial charge in [0.05, 0.1) is 22.7 Å². The SMILES string of the molecule is O=C(NCC(F)(F)F)c1nc(CN2CCS(=O)(=O)CC2)c2ccccn12. The predicted molar refractivity (Wildman–Crippen MR) is 87.5 cm³/mol. The van der Waals surface area contributed by atoms with Gasteiger partial charge in [-0.15, -0.1) is 0 Å². The van der Waals surface area contributed by atoms with E-state index in [-0.39, 0.29) is 17.3 Å². The number of halogens is 3. The molecule has 1 aliphatic rings. The van der Waals surface area contributed by atoms with Crippen LogP contribution in [0.4, 0.5) is 13.2 Å². The van der Waals surface area contributed by atoms with Crippen molar-refractivity contribution in [2.24, 2.45) is 0 Å². The number of carbonyl (C=O) groups excluding carboxylic acids is 1. The average molecular weight is 390 g/mol. The zero-order chi connectivity index (χ0) is 18.9. The van der Waals surface area contributed by atoms with Crippen molar-refractivity contribution in [3.05, 3.63) is 35.9 Å². The number of fused-ring (bicyclic) bond motifs is 1. The van der Waals surface area contributed by atoms with Gasteiger partial charge in [0, 0.05) is 25.8 Å². The zero-order valence-electron chi connectivity index (χ0n) is 13.7. The second-order valence-corrected chi connectivity index (χ2v) is 8.37. The number of amides is 1. The van der Waals surface area contributed by atoms with E-state index < -0.39 is 28.5 Å². The number of alkyl halides is 3. The van der Waals surface area contributed by atoms with E-state index in [2.05, 4.69) is 4.98 Å². The van der Waals surface area contributed by atoms with Gasteiger partial charge in [-0.3, -0.25) is 14.1 Å². The van der Waals surface area contributed by atoms with Gasteiger partial charge in [-0.1, -0.05) is 6.07 Å². The molecule has 1 fully saturated rings. The second-order valence-electron chi connectivity index (χ2n) is 6.06. The monoisotopic (exact) mass is 390 g/mol. The molecule has 2 aromatic rings. The molecule has 0 saturated carbocycles. The van der Waals surface area contributed by atoms with E-state index in [0.29, 0.717) is 30.8 Å². The Kier molecular flexibility index (Phi) is 4.93. The molecule has 1 N–H and O–H groups in total. The number of aromatic nitrogens is 2. The molecule has 1 amide bonds. The Bertz CT molecular complexity index is 910. The Morgan fingerprint density at radius 1 is 1.23 bits per heavy atom. The molecule has 0 atom stereocenters. The summed E-state index contributed by atoms with van der Waals surface area (Å²) in [5.74, 6) is -0.949. The molecule has 142 valence electrons. The van der Waals surface area contributed by atoms with Crippen molar-refractivity contribution < 1.29 is 26.4 Å². The molecule has 0 unspecified atom stereocenters. The van der Waals surface area contributed by atoms with Gasteiger partial charge in [0.25, 0.3) is 5.91 Å². The van der Waals surface area contributed by atoms with Crippen molar-refractivity contribution in [1.82, 2.24) is 19.6 Å². The van der Waals surface area contributed by atoms with Crippen LogP contribution in [0.15, 0.2) is 24.4 Å². The third-order valence-corrected chi connectivity index (χ3v) is 5.70. The first kappa shape index (κ1) is 18.6. The maximum absolute atomic E-state index is 12.3. The molecule has 7 nitrogen and oxygen atoms in total. The molecule has 0 aromatic carbocycles. The number of pyridine rings is 1. The van der Waals surface area contributed by atoms with Gasteiger partial charge in [0.1, 0.15) is 6.54 Å². The van der Waals surface area contributed by atoms with Crippen LogP contribution in [-0.4, -0.2) is 65.9 Å². The first-order valence-electron chi connectivity index (χ1n) is 7.88. The number of nitrogens with one attached hydrogen (secondary N) is 1. The fourth-order valence-corrected chi connectivity index (χ4v) is 4.04. The van der Waals surface area contributed by atoms with E-state index in [1.165, 1.54) is 4.40 Å². The zero-order valence-corrected chi connectivity index (χ0v) is 14.5. The molecule has 3 heterocycles. The first-order chi connectivity index (χ1) is 12.1. The highest BCUT2D eigenvalue weighted by Gasteiger charge is 2.29. The normalized spacial score (nSPS) is 18.1. The number of imidazole rings is 1. The summed E-state index contributed by atoms with van der Waals surface area (Å²) in [7, 11) is -3.02. The van der Waals surface area contributed by atoms with Gasteiger partial charge in [-0.25, -0.2) is 13.4 Å². The van der Waals surface area contributed by atoms with Crippen LogP contribution in [0.25, 0.3) is 5.52 Å². The van der Waals surface area contributed by atoms with E-state index in [9.17, 15) is 26.4 Å². The lowest BCUT2D eigenvalue weighted by atomic mass is 10.3. The summed E-state index contributed by atoms with van der Waals surface area (Å²) in [5, 5.41) is 1.82. The Hall–Kier alpha value is -2.14. The number of rotatable bonds is 4. The van der Waals surface area contributed by atoms with Crippen LogP contribution in [0.5, 0.6) is 0 Å². The van der Waals surface area contributed by atoms with Crippen molar-refractivity contribution in [1.29, 1.82) is 0 Å². The van der Waals surface area contributed by atoms with Gasteiger partial charge in [0.2, 0.25) is 5.82 Å². The van der Waals surface area contributed by atoms with E-state index in [1.807, 2.05) is 10.2 Å². The van der Waals surface area contributed by atoms with Crippen LogP contribution < -0.4 is 5.32 Å². The van der Waals surface area contributed by atoms with Gasteiger partial charge in [0.15, 0.2) is 9.84 Å². The molecule has 0 aliphatic carbocycles. The lowest BCUT2D eigenvalue weighted by Crippen LogP contribution is -2.39. The van der Waals surface area contributed by atoms with Crippen LogP contribution in [0.3, 0.4) is 0 Å². The number of hydrogen-bond acceptors (Lipinski definition) is 5. The maximum atomic E-state index is 12.3. The third-order valence-electron chi connectivity index (χ3n) is 4.09. The van der Waals surface area contributed by atoms with Crippen molar-refractivity contribution >= 4 is 21.3 Å². The summed E-state index contributed by atoms with van der Waals surface area (Å²) in [5.41, 5.74) is 1.11. The Balaban J connectivity index is 1.82. The smallest absolute Gasteiger partial charge is 0.340 e. The molecule has 3 rings (SSSR count). The largest absolute Gasteiger partial charge is 0.405 e. The fraction of sp³-hybridized carbons (Fsp3) is 0.467. The van der Waals surface area contributed by atoms with Crippen LogP contribution in [0, 0.1) is 0 Å². The second kappa shape index (κ2) is 6.88. The number of nitrogens with zero attached hydrogens (tertiary/aromatic N) is 3. The lowest BCUT2D eigenvalue weighted by Gasteiger charge is -2.25. The number of hydrogen-bond donors (Lipinski definition) is 1. The van der Waals surface area contributed by atoms with E-state index in [1.54, 1.807) is 24.4 Å². The van der Waals surface area contributed by atoms with Gasteiger partial charge < -0.3 is 5.32 Å². The van der Waals surface area contributed by atoms with Crippen LogP contribution in [0.1, 0.15) is 16.3 Å². The molecule has 2 aromatic heterocycles. The van der Waals surface area contributed by atoms with Crippen molar-refractivity contribution in [2.45, 2.75) is 12.7 Å². The maximum Gasteiger partial charge on any atom is 0.405 e. The average Bonchev–Trinajstić information content (AvgIpc) is 2.93. The minimum Gasteiger partial charge on any atom is -0.340 e. The van der Waals surface area contributed by atoms with Gasteiger partial charge in [-0.2, -0.15) is 13.2 Å². The third kappa shape index (κ3) is 4.33. The Morgan fingerprint density at radius 2 is 1.92 bits per heavy atom. The highest BCUT2D eigenvalue weighted by atomic mass is 32.2. The van der Waals surface area contributed by atoms with Crippen molar-refractivity contribution in [3.63, 3.8) is 0 Å². The summed E-state index contributed by atoms with van der Waals surface area (Å²) in [6.07, 6.45) is -2.96. The molecular weight excluding hydrogens is 373 g/mol. The first-order valence-corrected chi connectivity index (χ1v) is 9.70. The highest BCUT2D eigenvalue weighted by molar-refractivity contribution is 7.91. The van der Waals surface area contributed by atoms with Crippen molar-refractivity contribution in [3.8, 4) is 0 Å². The molecule has 0 radical (unpaired) electrons. The van der Waals surface area contributed by atoms with Crippen LogP contribution >= 0.6 is 0 Å². The minimum absolute atomic E-state index is 0.0533. The van der Waals surface area contributed by atoms with Gasteiger partial charge in [-0.05, 0) is 12.1 Å². The van der Waals surface area contributed by atoms with Crippen LogP contribution in [0.2, 0.25) is 0 Å². The van der Waals surface area contributed by atoms with E-state index in [4.69, 9.17) is 0 Å². The summed E-state index contributed by atoms with van der Waals surface area (Å²) >= 11 is 0. The number of sulfone groups is 1. The molecule has 1 aliphatic heterocycles. The standard InChI is InChI=1S/C15H17F3N4O3S/c16-15(17,18)10-19-14(23)13-20-11(12-3-1-2-4-22(12)13)9-21-5-7-26(24,25)8-6-21/h1-4H,5-10H2,(H,19,23). The molecular formula is C15H17F3N4O3S. The summed E-state index contributed by atoms with van der Waals surface area (Å²) in [4.78, 5) is 18.2. The lowest BCUT2D eigenvalue weighted by molar-refractivity contribution is -0.123. The number of carbonyl (C=O) groups is 1. The highest BCUT2D eigenvalue weighted by Crippen LogP contribution is 2.18. The summed E-state index contributed by atoms with van der Waals surface area (Å²) < 4.78 is 61.4. The minimum atomic E-state index is -4.51. The molecule has 26 heavy (non-hydrogen) atoms.